The maximum absolute atomic E-state index is 11.9. The molecule has 1 N–H and O–H groups in total. The van der Waals surface area contributed by atoms with Gasteiger partial charge in [-0.3, -0.25) is 10.1 Å². The number of rotatable bonds is 5. The highest BCUT2D eigenvalue weighted by atomic mass is 16.6. The monoisotopic (exact) mass is 292 g/mol. The summed E-state index contributed by atoms with van der Waals surface area (Å²) in [5.74, 6) is -0.891. The SMILES string of the molecule is CCCC1(C(=O)O)CCCN1c1cc(C)ccc1[N+](=O)[O-]. The zero-order valence-corrected chi connectivity index (χ0v) is 12.3. The molecule has 0 aliphatic carbocycles. The van der Waals surface area contributed by atoms with E-state index >= 15 is 0 Å². The largest absolute Gasteiger partial charge is 0.479 e. The van der Waals surface area contributed by atoms with Gasteiger partial charge in [0.2, 0.25) is 0 Å². The molecule has 0 spiro atoms. The fraction of sp³-hybridized carbons (Fsp3) is 0.533. The molecule has 6 heteroatoms. The minimum absolute atomic E-state index is 0.0239. The molecule has 1 aromatic carbocycles. The van der Waals surface area contributed by atoms with E-state index in [1.165, 1.54) is 6.07 Å². The molecule has 114 valence electrons. The predicted molar refractivity (Wildman–Crippen MR) is 79.7 cm³/mol. The first-order valence-corrected chi connectivity index (χ1v) is 7.18. The van der Waals surface area contributed by atoms with Gasteiger partial charge in [0.05, 0.1) is 4.92 Å². The third-order valence-electron chi connectivity index (χ3n) is 4.17. The summed E-state index contributed by atoms with van der Waals surface area (Å²) in [6, 6.07) is 4.86. The molecule has 1 unspecified atom stereocenters. The lowest BCUT2D eigenvalue weighted by Gasteiger charge is -2.36. The number of nitrogens with zero attached hydrogens (tertiary/aromatic N) is 2. The zero-order chi connectivity index (χ0) is 15.6. The van der Waals surface area contributed by atoms with Gasteiger partial charge in [0.15, 0.2) is 0 Å². The number of benzene rings is 1. The van der Waals surface area contributed by atoms with Crippen LogP contribution in [0.4, 0.5) is 11.4 Å². The first-order chi connectivity index (χ1) is 9.92. The van der Waals surface area contributed by atoms with Gasteiger partial charge in [-0.05, 0) is 37.8 Å². The summed E-state index contributed by atoms with van der Waals surface area (Å²) in [5, 5.41) is 21.0. The Morgan fingerprint density at radius 3 is 2.81 bits per heavy atom. The van der Waals surface area contributed by atoms with Gasteiger partial charge in [0, 0.05) is 12.6 Å². The standard InChI is InChI=1S/C15H20N2O4/c1-3-7-15(14(18)19)8-4-9-16(15)13-10-11(2)5-6-12(13)17(20)21/h5-6,10H,3-4,7-9H2,1-2H3,(H,18,19). The van der Waals surface area contributed by atoms with Crippen molar-refractivity contribution in [3.8, 4) is 0 Å². The molecule has 0 bridgehead atoms. The molecule has 6 nitrogen and oxygen atoms in total. The molecule has 2 rings (SSSR count). The van der Waals surface area contributed by atoms with Crippen LogP contribution in [0.15, 0.2) is 18.2 Å². The molecular weight excluding hydrogens is 272 g/mol. The summed E-state index contributed by atoms with van der Waals surface area (Å²) < 4.78 is 0. The fourth-order valence-corrected chi connectivity index (χ4v) is 3.24. The summed E-state index contributed by atoms with van der Waals surface area (Å²) in [6.07, 6.45) is 2.48. The molecule has 1 heterocycles. The smallest absolute Gasteiger partial charge is 0.329 e. The Morgan fingerprint density at radius 1 is 1.52 bits per heavy atom. The Morgan fingerprint density at radius 2 is 2.24 bits per heavy atom. The molecule has 1 fully saturated rings. The summed E-state index contributed by atoms with van der Waals surface area (Å²) in [5.41, 5.74) is 0.267. The number of carboxylic acids is 1. The highest BCUT2D eigenvalue weighted by molar-refractivity contribution is 5.86. The molecule has 0 radical (unpaired) electrons. The Kier molecular flexibility index (Phi) is 4.16. The van der Waals surface area contributed by atoms with Crippen LogP contribution in [0, 0.1) is 17.0 Å². The van der Waals surface area contributed by atoms with Gasteiger partial charge in [-0.15, -0.1) is 0 Å². The Bertz CT molecular complexity index is 573. The van der Waals surface area contributed by atoms with E-state index in [2.05, 4.69) is 0 Å². The number of hydrogen-bond donors (Lipinski definition) is 1. The maximum atomic E-state index is 11.9. The van der Waals surface area contributed by atoms with Gasteiger partial charge in [-0.2, -0.15) is 0 Å². The number of aliphatic carboxylic acids is 1. The number of hydrogen-bond acceptors (Lipinski definition) is 4. The minimum Gasteiger partial charge on any atom is -0.479 e. The van der Waals surface area contributed by atoms with Crippen molar-refractivity contribution >= 4 is 17.3 Å². The highest BCUT2D eigenvalue weighted by Gasteiger charge is 2.48. The molecule has 1 atom stereocenters. The van der Waals surface area contributed by atoms with Crippen LogP contribution in [-0.4, -0.2) is 28.1 Å². The predicted octanol–water partition coefficient (Wildman–Crippen LogP) is 3.13. The molecule has 1 saturated heterocycles. The van der Waals surface area contributed by atoms with Gasteiger partial charge in [0.1, 0.15) is 11.2 Å². The molecular formula is C15H20N2O4. The second kappa shape index (κ2) is 5.71. The van der Waals surface area contributed by atoms with E-state index in [1.807, 2.05) is 13.8 Å². The fourth-order valence-electron chi connectivity index (χ4n) is 3.24. The lowest BCUT2D eigenvalue weighted by atomic mass is 9.90. The highest BCUT2D eigenvalue weighted by Crippen LogP contribution is 2.42. The number of carbonyl (C=O) groups is 1. The van der Waals surface area contributed by atoms with Gasteiger partial charge in [-0.1, -0.05) is 19.4 Å². The summed E-state index contributed by atoms with van der Waals surface area (Å²) in [7, 11) is 0. The summed E-state index contributed by atoms with van der Waals surface area (Å²) in [4.78, 5) is 24.4. The molecule has 1 aliphatic rings. The van der Waals surface area contributed by atoms with Crippen LogP contribution in [0.3, 0.4) is 0 Å². The van der Waals surface area contributed by atoms with Crippen LogP contribution in [-0.2, 0) is 4.79 Å². The molecule has 1 aliphatic heterocycles. The quantitative estimate of drug-likeness (QED) is 0.666. The van der Waals surface area contributed by atoms with Crippen molar-refractivity contribution in [3.63, 3.8) is 0 Å². The maximum Gasteiger partial charge on any atom is 0.329 e. The van der Waals surface area contributed by atoms with E-state index in [0.717, 1.165) is 18.4 Å². The van der Waals surface area contributed by atoms with E-state index in [4.69, 9.17) is 0 Å². The first-order valence-electron chi connectivity index (χ1n) is 7.18. The molecule has 0 saturated carbocycles. The van der Waals surface area contributed by atoms with Crippen LogP contribution in [0.2, 0.25) is 0 Å². The van der Waals surface area contributed by atoms with Crippen LogP contribution < -0.4 is 4.90 Å². The van der Waals surface area contributed by atoms with Gasteiger partial charge in [0.25, 0.3) is 5.69 Å². The van der Waals surface area contributed by atoms with E-state index in [0.29, 0.717) is 25.1 Å². The molecule has 0 amide bonds. The van der Waals surface area contributed by atoms with Crippen molar-refractivity contribution in [3.05, 3.63) is 33.9 Å². The number of nitro benzene ring substituents is 1. The third kappa shape index (κ3) is 2.57. The number of nitro groups is 1. The lowest BCUT2D eigenvalue weighted by Crippen LogP contribution is -2.51. The van der Waals surface area contributed by atoms with E-state index in [-0.39, 0.29) is 5.69 Å². The number of aryl methyl sites for hydroxylation is 1. The second-order valence-corrected chi connectivity index (χ2v) is 5.59. The summed E-state index contributed by atoms with van der Waals surface area (Å²) >= 11 is 0. The van der Waals surface area contributed by atoms with Crippen molar-refractivity contribution in [1.82, 2.24) is 0 Å². The van der Waals surface area contributed by atoms with Gasteiger partial charge in [-0.25, -0.2) is 4.79 Å². The van der Waals surface area contributed by atoms with Gasteiger partial charge >= 0.3 is 5.97 Å². The second-order valence-electron chi connectivity index (χ2n) is 5.59. The molecule has 0 aromatic heterocycles. The van der Waals surface area contributed by atoms with Crippen molar-refractivity contribution in [2.45, 2.75) is 45.1 Å². The third-order valence-corrected chi connectivity index (χ3v) is 4.17. The molecule has 21 heavy (non-hydrogen) atoms. The number of anilines is 1. The average Bonchev–Trinajstić information content (AvgIpc) is 2.83. The van der Waals surface area contributed by atoms with Crippen LogP contribution in [0.1, 0.15) is 38.2 Å². The number of carboxylic acid groups (broad SMARTS) is 1. The van der Waals surface area contributed by atoms with Crippen LogP contribution >= 0.6 is 0 Å². The minimum atomic E-state index is -1.02. The van der Waals surface area contributed by atoms with Crippen molar-refractivity contribution in [2.75, 3.05) is 11.4 Å². The van der Waals surface area contributed by atoms with E-state index < -0.39 is 16.4 Å². The Labute approximate surface area is 123 Å². The van der Waals surface area contributed by atoms with Crippen LogP contribution in [0.5, 0.6) is 0 Å². The normalized spacial score (nSPS) is 21.5. The van der Waals surface area contributed by atoms with Crippen LogP contribution in [0.25, 0.3) is 0 Å². The van der Waals surface area contributed by atoms with Gasteiger partial charge < -0.3 is 10.0 Å². The molecule has 1 aromatic rings. The van der Waals surface area contributed by atoms with E-state index in [1.54, 1.807) is 17.0 Å². The zero-order valence-electron chi connectivity index (χ0n) is 12.3. The first kappa shape index (κ1) is 15.3. The lowest BCUT2D eigenvalue weighted by molar-refractivity contribution is -0.384. The van der Waals surface area contributed by atoms with Crippen molar-refractivity contribution < 1.29 is 14.8 Å². The van der Waals surface area contributed by atoms with Crippen molar-refractivity contribution in [2.24, 2.45) is 0 Å². The summed E-state index contributed by atoms with van der Waals surface area (Å²) in [6.45, 7) is 4.33. The van der Waals surface area contributed by atoms with E-state index in [9.17, 15) is 20.0 Å². The Hall–Kier alpha value is -2.11. The topological polar surface area (TPSA) is 83.7 Å². The Balaban J connectivity index is 2.56. The van der Waals surface area contributed by atoms with Crippen molar-refractivity contribution in [1.29, 1.82) is 0 Å². The average molecular weight is 292 g/mol.